The van der Waals surface area contributed by atoms with Crippen LogP contribution in [-0.4, -0.2) is 35.7 Å². The summed E-state index contributed by atoms with van der Waals surface area (Å²) >= 11 is 0. The zero-order valence-corrected chi connectivity index (χ0v) is 13.8. The van der Waals surface area contributed by atoms with E-state index in [0.29, 0.717) is 5.65 Å². The average Bonchev–Trinajstić information content (AvgIpc) is 2.65. The van der Waals surface area contributed by atoms with Crippen molar-refractivity contribution < 1.29 is 9.47 Å². The van der Waals surface area contributed by atoms with Gasteiger partial charge in [-0.2, -0.15) is 0 Å². The topological polar surface area (TPSA) is 69.2 Å². The van der Waals surface area contributed by atoms with Crippen molar-refractivity contribution in [3.8, 4) is 11.5 Å². The van der Waals surface area contributed by atoms with Gasteiger partial charge in [0.1, 0.15) is 22.8 Å². The minimum Gasteiger partial charge on any atom is -0.497 e. The molecule has 0 fully saturated rings. The maximum atomic E-state index is 5.40. The van der Waals surface area contributed by atoms with Crippen molar-refractivity contribution >= 4 is 17.0 Å². The van der Waals surface area contributed by atoms with E-state index in [0.717, 1.165) is 47.8 Å². The first-order chi connectivity index (χ1) is 11.8. The molecule has 0 radical (unpaired) electrons. The second-order valence-corrected chi connectivity index (χ2v) is 5.30. The zero-order chi connectivity index (χ0) is 16.8. The van der Waals surface area contributed by atoms with Crippen molar-refractivity contribution in [1.82, 2.24) is 15.0 Å². The second-order valence-electron chi connectivity index (χ2n) is 5.30. The van der Waals surface area contributed by atoms with Crippen molar-refractivity contribution in [1.29, 1.82) is 0 Å². The number of hydrogen-bond donors (Lipinski definition) is 1. The lowest BCUT2D eigenvalue weighted by molar-refractivity contribution is 0.398. The highest BCUT2D eigenvalue weighted by molar-refractivity contribution is 5.71. The molecule has 0 unspecified atom stereocenters. The molecule has 0 saturated carbocycles. The molecule has 6 nitrogen and oxygen atoms in total. The minimum absolute atomic E-state index is 0.650. The first-order valence-electron chi connectivity index (χ1n) is 7.82. The van der Waals surface area contributed by atoms with Crippen molar-refractivity contribution in [2.24, 2.45) is 0 Å². The summed E-state index contributed by atoms with van der Waals surface area (Å²) in [6.07, 6.45) is 5.15. The van der Waals surface area contributed by atoms with Gasteiger partial charge in [-0.15, -0.1) is 0 Å². The predicted octanol–water partition coefficient (Wildman–Crippen LogP) is 3.09. The highest BCUT2D eigenvalue weighted by Gasteiger charge is 2.05. The molecule has 1 aromatic carbocycles. The molecule has 2 aromatic heterocycles. The number of benzene rings is 1. The van der Waals surface area contributed by atoms with Gasteiger partial charge in [-0.05, 0) is 48.7 Å². The van der Waals surface area contributed by atoms with E-state index in [4.69, 9.17) is 9.47 Å². The third-order valence-corrected chi connectivity index (χ3v) is 3.75. The Morgan fingerprint density at radius 1 is 1.00 bits per heavy atom. The second kappa shape index (κ2) is 7.59. The van der Waals surface area contributed by atoms with E-state index in [-0.39, 0.29) is 0 Å². The summed E-state index contributed by atoms with van der Waals surface area (Å²) in [4.78, 5) is 12.9. The Labute approximate surface area is 140 Å². The molecule has 0 saturated heterocycles. The average molecular weight is 324 g/mol. The molecule has 0 spiro atoms. The number of hydrogen-bond acceptors (Lipinski definition) is 6. The molecule has 0 atom stereocenters. The van der Waals surface area contributed by atoms with Crippen LogP contribution < -0.4 is 14.8 Å². The quantitative estimate of drug-likeness (QED) is 0.674. The number of methoxy groups -OCH3 is 2. The lowest BCUT2D eigenvalue weighted by Crippen LogP contribution is -2.05. The van der Waals surface area contributed by atoms with Gasteiger partial charge < -0.3 is 14.8 Å². The van der Waals surface area contributed by atoms with E-state index < -0.39 is 0 Å². The minimum atomic E-state index is 0.650. The molecule has 6 heteroatoms. The van der Waals surface area contributed by atoms with Gasteiger partial charge in [0.05, 0.1) is 14.2 Å². The summed E-state index contributed by atoms with van der Waals surface area (Å²) in [5.74, 6) is 2.53. The fraction of sp³-hybridized carbons (Fsp3) is 0.278. The first-order valence-corrected chi connectivity index (χ1v) is 7.82. The summed E-state index contributed by atoms with van der Waals surface area (Å²) in [7, 11) is 3.35. The lowest BCUT2D eigenvalue weighted by atomic mass is 10.1. The molecule has 124 valence electrons. The van der Waals surface area contributed by atoms with Crippen LogP contribution >= 0.6 is 0 Å². The number of rotatable bonds is 7. The van der Waals surface area contributed by atoms with Crippen LogP contribution in [0.2, 0.25) is 0 Å². The van der Waals surface area contributed by atoms with Crippen molar-refractivity contribution in [2.75, 3.05) is 26.1 Å². The molecule has 0 amide bonds. The number of fused-ring (bicyclic) bond motifs is 1. The third kappa shape index (κ3) is 3.71. The number of nitrogens with zero attached hydrogens (tertiary/aromatic N) is 3. The third-order valence-electron chi connectivity index (χ3n) is 3.75. The number of pyridine rings is 1. The van der Waals surface area contributed by atoms with Crippen molar-refractivity contribution in [3.63, 3.8) is 0 Å². The van der Waals surface area contributed by atoms with Crippen LogP contribution in [0.15, 0.2) is 42.7 Å². The Hall–Kier alpha value is -2.89. The van der Waals surface area contributed by atoms with Crippen LogP contribution in [-0.2, 0) is 6.42 Å². The molecule has 24 heavy (non-hydrogen) atoms. The normalized spacial score (nSPS) is 10.6. The van der Waals surface area contributed by atoms with Crippen LogP contribution in [0, 0.1) is 0 Å². The van der Waals surface area contributed by atoms with E-state index in [1.165, 1.54) is 0 Å². The molecule has 0 aliphatic heterocycles. The van der Waals surface area contributed by atoms with Gasteiger partial charge in [0.2, 0.25) is 0 Å². The smallest absolute Gasteiger partial charge is 0.180 e. The lowest BCUT2D eigenvalue weighted by Gasteiger charge is -2.11. The van der Waals surface area contributed by atoms with E-state index in [1.807, 2.05) is 30.3 Å². The molecule has 0 aliphatic rings. The van der Waals surface area contributed by atoms with Gasteiger partial charge in [-0.25, -0.2) is 9.97 Å². The highest BCUT2D eigenvalue weighted by atomic mass is 16.5. The Bertz CT molecular complexity index is 823. The maximum Gasteiger partial charge on any atom is 0.180 e. The SMILES string of the molecule is COc1ccc(OC)c(CCCNc2ccc3nccnc3n2)c1. The van der Waals surface area contributed by atoms with E-state index in [2.05, 4.69) is 20.3 Å². The Balaban J connectivity index is 1.58. The van der Waals surface area contributed by atoms with Crippen molar-refractivity contribution in [2.45, 2.75) is 12.8 Å². The Morgan fingerprint density at radius 3 is 2.71 bits per heavy atom. The van der Waals surface area contributed by atoms with Crippen molar-refractivity contribution in [3.05, 3.63) is 48.3 Å². The first kappa shape index (κ1) is 16.0. The van der Waals surface area contributed by atoms with Gasteiger partial charge >= 0.3 is 0 Å². The summed E-state index contributed by atoms with van der Waals surface area (Å²) in [6, 6.07) is 9.69. The fourth-order valence-electron chi connectivity index (χ4n) is 2.53. The molecule has 1 N–H and O–H groups in total. The van der Waals surface area contributed by atoms with E-state index in [1.54, 1.807) is 26.6 Å². The largest absolute Gasteiger partial charge is 0.497 e. The van der Waals surface area contributed by atoms with Crippen LogP contribution in [0.1, 0.15) is 12.0 Å². The van der Waals surface area contributed by atoms with Gasteiger partial charge in [-0.1, -0.05) is 0 Å². The predicted molar refractivity (Wildman–Crippen MR) is 93.7 cm³/mol. The van der Waals surface area contributed by atoms with Crippen LogP contribution in [0.5, 0.6) is 11.5 Å². The summed E-state index contributed by atoms with van der Waals surface area (Å²) in [5.41, 5.74) is 2.58. The van der Waals surface area contributed by atoms with Crippen LogP contribution in [0.4, 0.5) is 5.82 Å². The number of anilines is 1. The van der Waals surface area contributed by atoms with E-state index in [9.17, 15) is 0 Å². The summed E-state index contributed by atoms with van der Waals surface area (Å²) in [6.45, 7) is 0.805. The number of aromatic nitrogens is 3. The summed E-state index contributed by atoms with van der Waals surface area (Å²) in [5, 5.41) is 3.32. The standard InChI is InChI=1S/C18H20N4O2/c1-23-14-5-7-16(24-2)13(12-14)4-3-9-20-17-8-6-15-18(22-17)21-11-10-19-15/h5-8,10-12H,3-4,9H2,1-2H3,(H,20,21,22). The highest BCUT2D eigenvalue weighted by Crippen LogP contribution is 2.25. The van der Waals surface area contributed by atoms with Crippen LogP contribution in [0.25, 0.3) is 11.2 Å². The fourth-order valence-corrected chi connectivity index (χ4v) is 2.53. The molecular weight excluding hydrogens is 304 g/mol. The van der Waals surface area contributed by atoms with Gasteiger partial charge in [0.15, 0.2) is 5.65 Å². The molecule has 0 aliphatic carbocycles. The maximum absolute atomic E-state index is 5.40. The monoisotopic (exact) mass is 324 g/mol. The Morgan fingerprint density at radius 2 is 1.88 bits per heavy atom. The van der Waals surface area contributed by atoms with Gasteiger partial charge in [0, 0.05) is 18.9 Å². The van der Waals surface area contributed by atoms with Gasteiger partial charge in [-0.3, -0.25) is 4.98 Å². The van der Waals surface area contributed by atoms with Gasteiger partial charge in [0.25, 0.3) is 0 Å². The summed E-state index contributed by atoms with van der Waals surface area (Å²) < 4.78 is 10.7. The van der Waals surface area contributed by atoms with Crippen LogP contribution in [0.3, 0.4) is 0 Å². The number of ether oxygens (including phenoxy) is 2. The molecular formula is C18H20N4O2. The number of nitrogens with one attached hydrogen (secondary N) is 1. The van der Waals surface area contributed by atoms with E-state index >= 15 is 0 Å². The Kier molecular flexibility index (Phi) is 5.05. The zero-order valence-electron chi connectivity index (χ0n) is 13.8. The molecule has 3 aromatic rings. The number of aryl methyl sites for hydroxylation is 1. The molecule has 2 heterocycles. The molecule has 0 bridgehead atoms. The molecule has 3 rings (SSSR count).